The van der Waals surface area contributed by atoms with Crippen molar-refractivity contribution in [3.63, 3.8) is 0 Å². The van der Waals surface area contributed by atoms with Gasteiger partial charge in [0.15, 0.2) is 0 Å². The minimum absolute atomic E-state index is 0.0278. The summed E-state index contributed by atoms with van der Waals surface area (Å²) in [6, 6.07) is 5.48. The smallest absolute Gasteiger partial charge is 0.128 e. The summed E-state index contributed by atoms with van der Waals surface area (Å²) < 4.78 is 6.25. The lowest BCUT2D eigenvalue weighted by molar-refractivity contribution is 0.201. The van der Waals surface area contributed by atoms with Crippen molar-refractivity contribution in [2.45, 2.75) is 0 Å². The molecule has 15 heavy (non-hydrogen) atoms. The van der Waals surface area contributed by atoms with E-state index in [0.717, 1.165) is 10.0 Å². The van der Waals surface area contributed by atoms with Crippen LogP contribution in [0.1, 0.15) is 5.56 Å². The standard InChI is InChI=1S/C10H12BrNO2S/c11-7-1-2-10(14-4-3-13)8(5-7)9(12)6-15/h1-2,5-6,13,15H,3-4,12H2/b9-6-. The first kappa shape index (κ1) is 12.4. The van der Waals surface area contributed by atoms with Gasteiger partial charge in [-0.3, -0.25) is 0 Å². The summed E-state index contributed by atoms with van der Waals surface area (Å²) in [5, 5.41) is 10.2. The lowest BCUT2D eigenvalue weighted by Gasteiger charge is -2.11. The molecule has 0 fully saturated rings. The number of aliphatic hydroxyl groups excluding tert-OH is 1. The van der Waals surface area contributed by atoms with Crippen LogP contribution in [0, 0.1) is 0 Å². The monoisotopic (exact) mass is 289 g/mol. The molecule has 0 saturated carbocycles. The first-order valence-corrected chi connectivity index (χ1v) is 5.63. The number of aliphatic hydroxyl groups is 1. The second-order valence-electron chi connectivity index (χ2n) is 2.80. The molecule has 0 atom stereocenters. The average molecular weight is 290 g/mol. The van der Waals surface area contributed by atoms with Crippen molar-refractivity contribution in [1.82, 2.24) is 0 Å². The quantitative estimate of drug-likeness (QED) is 0.743. The Morgan fingerprint density at radius 1 is 1.60 bits per heavy atom. The Kier molecular flexibility index (Phi) is 5.01. The number of benzene rings is 1. The number of hydrogen-bond donors (Lipinski definition) is 3. The van der Waals surface area contributed by atoms with Crippen LogP contribution < -0.4 is 10.5 Å². The van der Waals surface area contributed by atoms with Crippen LogP contribution in [-0.4, -0.2) is 18.3 Å². The molecule has 1 aromatic carbocycles. The van der Waals surface area contributed by atoms with Crippen LogP contribution in [0.2, 0.25) is 0 Å². The predicted octanol–water partition coefficient (Wildman–Crippen LogP) is 2.01. The molecular weight excluding hydrogens is 278 g/mol. The SMILES string of the molecule is N/C(=C\S)c1cc(Br)ccc1OCCO. The Hall–Kier alpha value is -0.650. The highest BCUT2D eigenvalue weighted by Gasteiger charge is 2.06. The molecule has 3 nitrogen and oxygen atoms in total. The van der Waals surface area contributed by atoms with Gasteiger partial charge < -0.3 is 15.6 Å². The Bertz CT molecular complexity index is 368. The molecule has 5 heteroatoms. The van der Waals surface area contributed by atoms with Crippen molar-refractivity contribution in [3.05, 3.63) is 33.6 Å². The second-order valence-corrected chi connectivity index (χ2v) is 3.97. The maximum Gasteiger partial charge on any atom is 0.128 e. The van der Waals surface area contributed by atoms with Gasteiger partial charge in [-0.1, -0.05) is 15.9 Å². The number of rotatable bonds is 4. The minimum Gasteiger partial charge on any atom is -0.490 e. The van der Waals surface area contributed by atoms with Gasteiger partial charge in [0.25, 0.3) is 0 Å². The van der Waals surface area contributed by atoms with Crippen molar-refractivity contribution in [3.8, 4) is 5.75 Å². The zero-order chi connectivity index (χ0) is 11.3. The molecule has 0 heterocycles. The van der Waals surface area contributed by atoms with E-state index < -0.39 is 0 Å². The highest BCUT2D eigenvalue weighted by atomic mass is 79.9. The minimum atomic E-state index is -0.0278. The maximum absolute atomic E-state index is 8.67. The van der Waals surface area contributed by atoms with E-state index in [1.165, 1.54) is 5.41 Å². The zero-order valence-electron chi connectivity index (χ0n) is 7.98. The third kappa shape index (κ3) is 3.44. The van der Waals surface area contributed by atoms with Crippen LogP contribution in [0.15, 0.2) is 28.1 Å². The van der Waals surface area contributed by atoms with Gasteiger partial charge in [-0.15, -0.1) is 12.6 Å². The van der Waals surface area contributed by atoms with Crippen LogP contribution in [0.3, 0.4) is 0 Å². The summed E-state index contributed by atoms with van der Waals surface area (Å²) in [6.07, 6.45) is 0. The molecule has 1 rings (SSSR count). The molecule has 0 bridgehead atoms. The van der Waals surface area contributed by atoms with Crippen molar-refractivity contribution in [1.29, 1.82) is 0 Å². The fourth-order valence-corrected chi connectivity index (χ4v) is 1.58. The van der Waals surface area contributed by atoms with Crippen LogP contribution >= 0.6 is 28.6 Å². The average Bonchev–Trinajstić information content (AvgIpc) is 2.26. The fraction of sp³-hybridized carbons (Fsp3) is 0.200. The molecule has 0 aliphatic carbocycles. The molecule has 3 N–H and O–H groups in total. The number of thiol groups is 1. The van der Waals surface area contributed by atoms with E-state index in [0.29, 0.717) is 11.4 Å². The highest BCUT2D eigenvalue weighted by Crippen LogP contribution is 2.27. The van der Waals surface area contributed by atoms with Gasteiger partial charge in [0.05, 0.1) is 6.61 Å². The third-order valence-corrected chi connectivity index (χ3v) is 2.51. The van der Waals surface area contributed by atoms with Gasteiger partial charge in [0, 0.05) is 15.7 Å². The van der Waals surface area contributed by atoms with E-state index in [1.807, 2.05) is 12.1 Å². The zero-order valence-corrected chi connectivity index (χ0v) is 10.5. The summed E-state index contributed by atoms with van der Waals surface area (Å²) in [7, 11) is 0. The normalized spacial score (nSPS) is 11.5. The van der Waals surface area contributed by atoms with E-state index in [4.69, 9.17) is 15.6 Å². The van der Waals surface area contributed by atoms with E-state index >= 15 is 0 Å². The summed E-state index contributed by atoms with van der Waals surface area (Å²) in [6.45, 7) is 0.217. The third-order valence-electron chi connectivity index (χ3n) is 1.74. The van der Waals surface area contributed by atoms with Crippen LogP contribution in [-0.2, 0) is 0 Å². The number of ether oxygens (including phenoxy) is 1. The number of nitrogens with two attached hydrogens (primary N) is 1. The first-order chi connectivity index (χ1) is 7.19. The van der Waals surface area contributed by atoms with Crippen molar-refractivity contribution < 1.29 is 9.84 Å². The van der Waals surface area contributed by atoms with Gasteiger partial charge in [-0.2, -0.15) is 0 Å². The van der Waals surface area contributed by atoms with Gasteiger partial charge in [0.1, 0.15) is 12.4 Å². The topological polar surface area (TPSA) is 55.5 Å². The molecule has 0 radical (unpaired) electrons. The summed E-state index contributed by atoms with van der Waals surface area (Å²) >= 11 is 7.34. The molecule has 0 amide bonds. The predicted molar refractivity (Wildman–Crippen MR) is 67.9 cm³/mol. The number of hydrogen-bond acceptors (Lipinski definition) is 4. The van der Waals surface area contributed by atoms with E-state index in [2.05, 4.69) is 28.6 Å². The fourth-order valence-electron chi connectivity index (χ4n) is 1.08. The second kappa shape index (κ2) is 6.05. The summed E-state index contributed by atoms with van der Waals surface area (Å²) in [5.41, 5.74) is 7.04. The maximum atomic E-state index is 8.67. The Morgan fingerprint density at radius 2 is 2.33 bits per heavy atom. The van der Waals surface area contributed by atoms with Gasteiger partial charge >= 0.3 is 0 Å². The molecule has 0 spiro atoms. The molecule has 0 aliphatic heterocycles. The molecule has 0 saturated heterocycles. The van der Waals surface area contributed by atoms with Crippen LogP contribution in [0.4, 0.5) is 0 Å². The van der Waals surface area contributed by atoms with E-state index in [-0.39, 0.29) is 13.2 Å². The molecule has 1 aromatic rings. The molecular formula is C10H12BrNO2S. The van der Waals surface area contributed by atoms with Crippen molar-refractivity contribution in [2.75, 3.05) is 13.2 Å². The Labute approximate surface area is 102 Å². The van der Waals surface area contributed by atoms with E-state index in [9.17, 15) is 0 Å². The lowest BCUT2D eigenvalue weighted by atomic mass is 10.1. The summed E-state index contributed by atoms with van der Waals surface area (Å²) in [5.74, 6) is 0.634. The molecule has 0 aliphatic rings. The van der Waals surface area contributed by atoms with Gasteiger partial charge in [-0.05, 0) is 23.6 Å². The molecule has 0 unspecified atom stereocenters. The first-order valence-electron chi connectivity index (χ1n) is 4.32. The van der Waals surface area contributed by atoms with Gasteiger partial charge in [0.2, 0.25) is 0 Å². The van der Waals surface area contributed by atoms with Crippen molar-refractivity contribution in [2.24, 2.45) is 5.73 Å². The number of halogens is 1. The van der Waals surface area contributed by atoms with Crippen LogP contribution in [0.5, 0.6) is 5.75 Å². The summed E-state index contributed by atoms with van der Waals surface area (Å²) in [4.78, 5) is 0. The van der Waals surface area contributed by atoms with Crippen molar-refractivity contribution >= 4 is 34.3 Å². The van der Waals surface area contributed by atoms with Gasteiger partial charge in [-0.25, -0.2) is 0 Å². The Balaban J connectivity index is 3.03. The lowest BCUT2D eigenvalue weighted by Crippen LogP contribution is -2.05. The van der Waals surface area contributed by atoms with E-state index in [1.54, 1.807) is 6.07 Å². The van der Waals surface area contributed by atoms with Crippen LogP contribution in [0.25, 0.3) is 5.70 Å². The largest absolute Gasteiger partial charge is 0.490 e. The molecule has 0 aromatic heterocycles. The molecule has 82 valence electrons. The highest BCUT2D eigenvalue weighted by molar-refractivity contribution is 9.10. The Morgan fingerprint density at radius 3 is 2.93 bits per heavy atom.